The molecule has 2 aromatic rings. The largest absolute Gasteiger partial charge is 0.493 e. The van der Waals surface area contributed by atoms with Crippen molar-refractivity contribution in [2.45, 2.75) is 26.3 Å². The van der Waals surface area contributed by atoms with Crippen molar-refractivity contribution in [2.24, 2.45) is 0 Å². The van der Waals surface area contributed by atoms with Crippen LogP contribution in [0.4, 0.5) is 0 Å². The normalized spacial score (nSPS) is 12.8. The Morgan fingerprint density at radius 3 is 2.69 bits per heavy atom. The summed E-state index contributed by atoms with van der Waals surface area (Å²) in [4.78, 5) is 14.4. The number of ether oxygens (including phenoxy) is 4. The smallest absolute Gasteiger partial charge is 0.227 e. The molecule has 2 aromatic carbocycles. The molecule has 0 atom stereocenters. The highest BCUT2D eigenvalue weighted by atomic mass is 35.5. The van der Waals surface area contributed by atoms with Gasteiger partial charge in [-0.2, -0.15) is 0 Å². The quantitative estimate of drug-likeness (QED) is 0.676. The average Bonchev–Trinajstić information content (AvgIpc) is 2.95. The van der Waals surface area contributed by atoms with Crippen LogP contribution in [0.2, 0.25) is 5.02 Å². The number of carbonyl (C=O) groups excluding carboxylic acids is 1. The minimum absolute atomic E-state index is 0.0246. The van der Waals surface area contributed by atoms with Crippen LogP contribution in [-0.2, 0) is 17.8 Å². The molecular weight excluding hydrogens is 394 g/mol. The first-order valence-electron chi connectivity index (χ1n) is 9.63. The van der Waals surface area contributed by atoms with Gasteiger partial charge in [-0.15, -0.1) is 0 Å². The molecule has 0 spiro atoms. The third-order valence-corrected chi connectivity index (χ3v) is 4.87. The summed E-state index contributed by atoms with van der Waals surface area (Å²) in [5, 5.41) is 0.464. The molecule has 0 fully saturated rings. The molecule has 0 aromatic heterocycles. The van der Waals surface area contributed by atoms with Crippen molar-refractivity contribution in [1.29, 1.82) is 0 Å². The Balaban J connectivity index is 1.68. The number of hydrogen-bond donors (Lipinski definition) is 0. The Hall–Kier alpha value is -2.60. The second kappa shape index (κ2) is 9.74. The van der Waals surface area contributed by atoms with Gasteiger partial charge >= 0.3 is 0 Å². The molecular formula is C22H26ClNO5. The lowest BCUT2D eigenvalue weighted by molar-refractivity contribution is -0.129. The molecule has 3 rings (SSSR count). The molecule has 0 saturated heterocycles. The van der Waals surface area contributed by atoms with E-state index in [0.29, 0.717) is 54.4 Å². The first-order chi connectivity index (χ1) is 14.0. The Morgan fingerprint density at radius 2 is 1.93 bits per heavy atom. The van der Waals surface area contributed by atoms with Crippen LogP contribution >= 0.6 is 11.6 Å². The SMILES string of the molecule is CCOc1ccc(CN(C)C(=O)Cc2cc(Cl)c3c(c2)OCCCO3)cc1OC. The first-order valence-corrected chi connectivity index (χ1v) is 10.0. The standard InChI is InChI=1S/C22H26ClNO5/c1-4-27-18-7-6-15(11-19(18)26-3)14-24(2)21(25)13-16-10-17(23)22-20(12-16)28-8-5-9-29-22/h6-7,10-12H,4-5,8-9,13-14H2,1-3H3. The van der Waals surface area contributed by atoms with Crippen LogP contribution in [0.3, 0.4) is 0 Å². The summed E-state index contributed by atoms with van der Waals surface area (Å²) >= 11 is 6.33. The number of likely N-dealkylation sites (N-methyl/N-ethyl adjacent to an activating group) is 1. The van der Waals surface area contributed by atoms with Gasteiger partial charge in [-0.3, -0.25) is 4.79 Å². The number of hydrogen-bond acceptors (Lipinski definition) is 5. The number of carbonyl (C=O) groups is 1. The highest BCUT2D eigenvalue weighted by molar-refractivity contribution is 6.32. The lowest BCUT2D eigenvalue weighted by atomic mass is 10.1. The number of rotatable bonds is 7. The minimum Gasteiger partial charge on any atom is -0.493 e. The molecule has 1 heterocycles. The van der Waals surface area contributed by atoms with Crippen molar-refractivity contribution in [1.82, 2.24) is 4.90 Å². The van der Waals surface area contributed by atoms with Crippen molar-refractivity contribution in [2.75, 3.05) is 34.0 Å². The maximum atomic E-state index is 12.7. The summed E-state index contributed by atoms with van der Waals surface area (Å²) in [6.45, 7) is 4.08. The Morgan fingerprint density at radius 1 is 1.14 bits per heavy atom. The van der Waals surface area contributed by atoms with Gasteiger partial charge in [-0.25, -0.2) is 0 Å². The Labute approximate surface area is 176 Å². The van der Waals surface area contributed by atoms with E-state index >= 15 is 0 Å². The number of nitrogens with zero attached hydrogens (tertiary/aromatic N) is 1. The van der Waals surface area contributed by atoms with E-state index in [1.54, 1.807) is 25.1 Å². The predicted molar refractivity (Wildman–Crippen MR) is 111 cm³/mol. The van der Waals surface area contributed by atoms with E-state index < -0.39 is 0 Å². The summed E-state index contributed by atoms with van der Waals surface area (Å²) in [7, 11) is 3.38. The van der Waals surface area contributed by atoms with Crippen molar-refractivity contribution in [3.8, 4) is 23.0 Å². The lowest BCUT2D eigenvalue weighted by Gasteiger charge is -2.19. The molecule has 156 valence electrons. The van der Waals surface area contributed by atoms with Crippen LogP contribution in [0, 0.1) is 0 Å². The maximum Gasteiger partial charge on any atom is 0.227 e. The molecule has 0 unspecified atom stereocenters. The van der Waals surface area contributed by atoms with Crippen molar-refractivity contribution >= 4 is 17.5 Å². The van der Waals surface area contributed by atoms with Gasteiger partial charge in [0.15, 0.2) is 23.0 Å². The molecule has 7 heteroatoms. The van der Waals surface area contributed by atoms with Gasteiger partial charge in [0.1, 0.15) is 0 Å². The highest BCUT2D eigenvalue weighted by Crippen LogP contribution is 2.38. The molecule has 0 radical (unpaired) electrons. The topological polar surface area (TPSA) is 57.2 Å². The Kier molecular flexibility index (Phi) is 7.09. The molecule has 29 heavy (non-hydrogen) atoms. The van der Waals surface area contributed by atoms with Gasteiger partial charge in [0.2, 0.25) is 5.91 Å². The molecule has 0 aliphatic carbocycles. The van der Waals surface area contributed by atoms with Gasteiger partial charge < -0.3 is 23.8 Å². The zero-order chi connectivity index (χ0) is 20.8. The van der Waals surface area contributed by atoms with Gasteiger partial charge in [0.25, 0.3) is 0 Å². The van der Waals surface area contributed by atoms with Crippen molar-refractivity contribution in [3.05, 3.63) is 46.5 Å². The fourth-order valence-electron chi connectivity index (χ4n) is 3.14. The molecule has 0 N–H and O–H groups in total. The summed E-state index contributed by atoms with van der Waals surface area (Å²) in [5.74, 6) is 2.46. The fraction of sp³-hybridized carbons (Fsp3) is 0.409. The third kappa shape index (κ3) is 5.26. The molecule has 1 aliphatic heterocycles. The highest BCUT2D eigenvalue weighted by Gasteiger charge is 2.18. The van der Waals surface area contributed by atoms with Gasteiger partial charge in [0.05, 0.1) is 38.4 Å². The van der Waals surface area contributed by atoms with E-state index in [-0.39, 0.29) is 12.3 Å². The predicted octanol–water partition coefficient (Wildman–Crippen LogP) is 4.11. The van der Waals surface area contributed by atoms with Gasteiger partial charge in [-0.1, -0.05) is 17.7 Å². The molecule has 0 bridgehead atoms. The second-order valence-electron chi connectivity index (χ2n) is 6.80. The van der Waals surface area contributed by atoms with Crippen LogP contribution in [0.5, 0.6) is 23.0 Å². The average molecular weight is 420 g/mol. The van der Waals surface area contributed by atoms with E-state index in [1.165, 1.54) is 0 Å². The monoisotopic (exact) mass is 419 g/mol. The van der Waals surface area contributed by atoms with E-state index in [1.807, 2.05) is 31.2 Å². The van der Waals surface area contributed by atoms with E-state index in [0.717, 1.165) is 17.5 Å². The summed E-state index contributed by atoms with van der Waals surface area (Å²) < 4.78 is 22.3. The summed E-state index contributed by atoms with van der Waals surface area (Å²) in [6, 6.07) is 9.28. The van der Waals surface area contributed by atoms with Crippen LogP contribution in [-0.4, -0.2) is 44.8 Å². The Bertz CT molecular complexity index is 871. The van der Waals surface area contributed by atoms with Gasteiger partial charge in [-0.05, 0) is 42.3 Å². The third-order valence-electron chi connectivity index (χ3n) is 4.59. The zero-order valence-corrected chi connectivity index (χ0v) is 17.8. The first kappa shape index (κ1) is 21.1. The number of benzene rings is 2. The van der Waals surface area contributed by atoms with Crippen LogP contribution in [0.15, 0.2) is 30.3 Å². The zero-order valence-electron chi connectivity index (χ0n) is 17.0. The lowest BCUT2D eigenvalue weighted by Crippen LogP contribution is -2.27. The maximum absolute atomic E-state index is 12.7. The van der Waals surface area contributed by atoms with E-state index in [9.17, 15) is 4.79 Å². The minimum atomic E-state index is -0.0246. The summed E-state index contributed by atoms with van der Waals surface area (Å²) in [6.07, 6.45) is 1.02. The second-order valence-corrected chi connectivity index (χ2v) is 7.21. The number of methoxy groups -OCH3 is 1. The fourth-order valence-corrected chi connectivity index (χ4v) is 3.43. The van der Waals surface area contributed by atoms with Crippen LogP contribution in [0.25, 0.3) is 0 Å². The van der Waals surface area contributed by atoms with E-state index in [4.69, 9.17) is 30.5 Å². The van der Waals surface area contributed by atoms with E-state index in [2.05, 4.69) is 0 Å². The summed E-state index contributed by atoms with van der Waals surface area (Å²) in [5.41, 5.74) is 1.75. The van der Waals surface area contributed by atoms with Gasteiger partial charge in [0, 0.05) is 20.0 Å². The van der Waals surface area contributed by atoms with Crippen LogP contribution in [0.1, 0.15) is 24.5 Å². The van der Waals surface area contributed by atoms with Crippen molar-refractivity contribution < 1.29 is 23.7 Å². The molecule has 0 saturated carbocycles. The molecule has 1 amide bonds. The number of fused-ring (bicyclic) bond motifs is 1. The molecule has 6 nitrogen and oxygen atoms in total. The number of halogens is 1. The van der Waals surface area contributed by atoms with Crippen LogP contribution < -0.4 is 18.9 Å². The molecule has 1 aliphatic rings. The van der Waals surface area contributed by atoms with Crippen molar-refractivity contribution in [3.63, 3.8) is 0 Å². The number of amides is 1.